The fraction of sp³-hybridized carbons (Fsp3) is 0.364. The summed E-state index contributed by atoms with van der Waals surface area (Å²) < 4.78 is 1.74. The van der Waals surface area contributed by atoms with Gasteiger partial charge in [-0.1, -0.05) is 0 Å². The third-order valence-electron chi connectivity index (χ3n) is 5.67. The first-order valence-electron chi connectivity index (χ1n) is 10.2. The van der Waals surface area contributed by atoms with Crippen LogP contribution in [0, 0.1) is 6.92 Å². The van der Waals surface area contributed by atoms with E-state index in [4.69, 9.17) is 4.98 Å². The summed E-state index contributed by atoms with van der Waals surface area (Å²) in [7, 11) is 1.87. The molecule has 8 heteroatoms. The van der Waals surface area contributed by atoms with E-state index in [1.54, 1.807) is 10.9 Å². The van der Waals surface area contributed by atoms with Crippen LogP contribution in [0.3, 0.4) is 0 Å². The van der Waals surface area contributed by atoms with Crippen molar-refractivity contribution in [1.82, 2.24) is 30.0 Å². The van der Waals surface area contributed by atoms with Crippen LogP contribution < -0.4 is 10.2 Å². The molecule has 4 heterocycles. The van der Waals surface area contributed by atoms with Crippen LogP contribution >= 0.6 is 0 Å². The van der Waals surface area contributed by atoms with Crippen molar-refractivity contribution in [3.63, 3.8) is 0 Å². The summed E-state index contributed by atoms with van der Waals surface area (Å²) in [5.41, 5.74) is 3.60. The number of benzene rings is 1. The summed E-state index contributed by atoms with van der Waals surface area (Å²) in [6.07, 6.45) is 3.66. The zero-order valence-electron chi connectivity index (χ0n) is 17.6. The fourth-order valence-corrected chi connectivity index (χ4v) is 4.34. The van der Waals surface area contributed by atoms with Gasteiger partial charge in [-0.05, 0) is 39.0 Å². The molecule has 5 rings (SSSR count). The van der Waals surface area contributed by atoms with Crippen molar-refractivity contribution in [1.29, 1.82) is 0 Å². The largest absolute Gasteiger partial charge is 0.507 e. The second-order valence-corrected chi connectivity index (χ2v) is 8.28. The topological polar surface area (TPSA) is 92.0 Å². The first-order valence-corrected chi connectivity index (χ1v) is 10.2. The van der Waals surface area contributed by atoms with Gasteiger partial charge >= 0.3 is 0 Å². The average Bonchev–Trinajstić information content (AvgIpc) is 3.10. The van der Waals surface area contributed by atoms with Crippen molar-refractivity contribution in [3.8, 4) is 17.1 Å². The molecule has 0 saturated carbocycles. The Kier molecular flexibility index (Phi) is 4.32. The molecule has 0 bridgehead atoms. The second-order valence-electron chi connectivity index (χ2n) is 8.28. The molecule has 4 aromatic rings. The SMILES string of the molecule is Cc1c(O)c(-c2ncc3nc(N4CC(C)NC(C)C4)ccc3n2)cc2cn(C)nc12. The molecule has 3 aromatic heterocycles. The second kappa shape index (κ2) is 6.91. The molecule has 1 aliphatic heterocycles. The van der Waals surface area contributed by atoms with Gasteiger partial charge < -0.3 is 15.3 Å². The molecule has 0 amide bonds. The highest BCUT2D eigenvalue weighted by Gasteiger charge is 2.22. The van der Waals surface area contributed by atoms with Gasteiger partial charge in [0.25, 0.3) is 0 Å². The van der Waals surface area contributed by atoms with Crippen LogP contribution in [-0.4, -0.2) is 55.0 Å². The molecular weight excluding hydrogens is 378 g/mol. The summed E-state index contributed by atoms with van der Waals surface area (Å²) in [4.78, 5) is 16.3. The lowest BCUT2D eigenvalue weighted by Gasteiger charge is -2.36. The number of phenolic OH excluding ortho intramolecular Hbond substituents is 1. The number of piperazine rings is 1. The number of phenols is 1. The van der Waals surface area contributed by atoms with Gasteiger partial charge in [-0.25, -0.2) is 15.0 Å². The smallest absolute Gasteiger partial charge is 0.163 e. The average molecular weight is 403 g/mol. The van der Waals surface area contributed by atoms with Crippen molar-refractivity contribution in [2.45, 2.75) is 32.9 Å². The van der Waals surface area contributed by atoms with Gasteiger partial charge in [-0.15, -0.1) is 0 Å². The normalized spacial score (nSPS) is 19.7. The summed E-state index contributed by atoms with van der Waals surface area (Å²) in [5, 5.41) is 19.6. The molecule has 30 heavy (non-hydrogen) atoms. The van der Waals surface area contributed by atoms with Crippen LogP contribution in [0.25, 0.3) is 33.3 Å². The summed E-state index contributed by atoms with van der Waals surface area (Å²) in [6.45, 7) is 8.07. The zero-order chi connectivity index (χ0) is 21.0. The lowest BCUT2D eigenvalue weighted by molar-refractivity contribution is 0.405. The van der Waals surface area contributed by atoms with E-state index >= 15 is 0 Å². The van der Waals surface area contributed by atoms with Gasteiger partial charge in [0.2, 0.25) is 0 Å². The number of aromatic nitrogens is 5. The van der Waals surface area contributed by atoms with E-state index in [0.717, 1.165) is 46.4 Å². The van der Waals surface area contributed by atoms with Crippen LogP contribution in [0.4, 0.5) is 5.82 Å². The van der Waals surface area contributed by atoms with E-state index in [-0.39, 0.29) is 5.75 Å². The number of hydrogen-bond acceptors (Lipinski definition) is 7. The highest BCUT2D eigenvalue weighted by atomic mass is 16.3. The van der Waals surface area contributed by atoms with E-state index < -0.39 is 0 Å². The van der Waals surface area contributed by atoms with Gasteiger partial charge in [0.15, 0.2) is 5.82 Å². The van der Waals surface area contributed by atoms with Crippen molar-refractivity contribution >= 4 is 27.8 Å². The van der Waals surface area contributed by atoms with Crippen molar-refractivity contribution in [3.05, 3.63) is 36.2 Å². The van der Waals surface area contributed by atoms with Gasteiger partial charge in [0.05, 0.1) is 22.8 Å². The first kappa shape index (κ1) is 18.7. The predicted molar refractivity (Wildman–Crippen MR) is 118 cm³/mol. The third-order valence-corrected chi connectivity index (χ3v) is 5.67. The lowest BCUT2D eigenvalue weighted by Crippen LogP contribution is -2.54. The fourth-order valence-electron chi connectivity index (χ4n) is 4.34. The number of nitrogens with one attached hydrogen (secondary N) is 1. The number of hydrogen-bond donors (Lipinski definition) is 2. The number of anilines is 1. The van der Waals surface area contributed by atoms with Gasteiger partial charge in [0.1, 0.15) is 17.1 Å². The Hall–Kier alpha value is -3.26. The molecule has 0 radical (unpaired) electrons. The van der Waals surface area contributed by atoms with E-state index in [9.17, 15) is 5.11 Å². The monoisotopic (exact) mass is 403 g/mol. The summed E-state index contributed by atoms with van der Waals surface area (Å²) in [6, 6.07) is 6.71. The molecule has 2 N–H and O–H groups in total. The number of aromatic hydroxyl groups is 1. The Balaban J connectivity index is 1.55. The van der Waals surface area contributed by atoms with E-state index in [0.29, 0.717) is 23.5 Å². The van der Waals surface area contributed by atoms with Crippen molar-refractivity contribution < 1.29 is 5.11 Å². The van der Waals surface area contributed by atoms with Gasteiger partial charge in [-0.3, -0.25) is 4.68 Å². The predicted octanol–water partition coefficient (Wildman–Crippen LogP) is 2.78. The Morgan fingerprint density at radius 1 is 1.10 bits per heavy atom. The maximum absolute atomic E-state index is 10.7. The van der Waals surface area contributed by atoms with Gasteiger partial charge in [-0.2, -0.15) is 5.10 Å². The molecule has 0 aliphatic carbocycles. The van der Waals surface area contributed by atoms with E-state index in [1.807, 2.05) is 38.4 Å². The van der Waals surface area contributed by atoms with E-state index in [1.165, 1.54) is 0 Å². The molecular formula is C22H25N7O. The summed E-state index contributed by atoms with van der Waals surface area (Å²) >= 11 is 0. The standard InChI is InChI=1S/C22H25N7O/c1-12-9-29(10-13(2)24-12)19-6-5-17-18(25-19)8-23-22(26-17)16-7-15-11-28(4)27-20(15)14(3)21(16)30/h5-8,11-13,24,30H,9-10H2,1-4H3. The van der Waals surface area contributed by atoms with Crippen molar-refractivity contribution in [2.24, 2.45) is 7.05 Å². The molecule has 2 unspecified atom stereocenters. The number of pyridine rings is 1. The Labute approximate surface area is 174 Å². The maximum atomic E-state index is 10.7. The Morgan fingerprint density at radius 3 is 2.63 bits per heavy atom. The minimum absolute atomic E-state index is 0.161. The third kappa shape index (κ3) is 3.13. The molecule has 1 aromatic carbocycles. The molecule has 2 atom stereocenters. The maximum Gasteiger partial charge on any atom is 0.163 e. The first-order chi connectivity index (χ1) is 14.4. The molecule has 1 aliphatic rings. The van der Waals surface area contributed by atoms with Crippen LogP contribution in [0.2, 0.25) is 0 Å². The quantitative estimate of drug-likeness (QED) is 0.532. The molecule has 8 nitrogen and oxygen atoms in total. The molecule has 1 saturated heterocycles. The number of rotatable bonds is 2. The number of fused-ring (bicyclic) bond motifs is 2. The molecule has 154 valence electrons. The minimum atomic E-state index is 0.161. The van der Waals surface area contributed by atoms with E-state index in [2.05, 4.69) is 39.1 Å². The molecule has 1 fully saturated rings. The van der Waals surface area contributed by atoms with Crippen molar-refractivity contribution in [2.75, 3.05) is 18.0 Å². The zero-order valence-corrected chi connectivity index (χ0v) is 17.6. The Morgan fingerprint density at radius 2 is 1.87 bits per heavy atom. The highest BCUT2D eigenvalue weighted by molar-refractivity contribution is 5.90. The molecule has 0 spiro atoms. The number of aryl methyl sites for hydroxylation is 2. The minimum Gasteiger partial charge on any atom is -0.507 e. The van der Waals surface area contributed by atoms with Crippen LogP contribution in [0.5, 0.6) is 5.75 Å². The van der Waals surface area contributed by atoms with Crippen LogP contribution in [-0.2, 0) is 7.05 Å². The number of nitrogens with zero attached hydrogens (tertiary/aromatic N) is 6. The van der Waals surface area contributed by atoms with Crippen LogP contribution in [0.15, 0.2) is 30.6 Å². The van der Waals surface area contributed by atoms with Gasteiger partial charge in [0, 0.05) is 49.4 Å². The Bertz CT molecular complexity index is 1260. The highest BCUT2D eigenvalue weighted by Crippen LogP contribution is 2.35. The van der Waals surface area contributed by atoms with Crippen LogP contribution in [0.1, 0.15) is 19.4 Å². The summed E-state index contributed by atoms with van der Waals surface area (Å²) in [5.74, 6) is 1.58. The lowest BCUT2D eigenvalue weighted by atomic mass is 10.1.